The lowest BCUT2D eigenvalue weighted by atomic mass is 10.0. The Kier molecular flexibility index (Phi) is 6.89. The lowest BCUT2D eigenvalue weighted by Crippen LogP contribution is -2.04. The predicted molar refractivity (Wildman–Crippen MR) is 75.9 cm³/mol. The minimum atomic E-state index is -0.226. The normalized spacial score (nSPS) is 10.3. The molecular weight excluding hydrogens is 287 g/mol. The van der Waals surface area contributed by atoms with Gasteiger partial charge >= 0.3 is 5.97 Å². The number of Topliss-reactive ketones (excluding diaryl/α,β-unsaturated/α-hetero) is 1. The molecule has 0 bridgehead atoms. The van der Waals surface area contributed by atoms with E-state index in [1.54, 1.807) is 25.1 Å². The molecule has 0 radical (unpaired) electrons. The van der Waals surface area contributed by atoms with Crippen LogP contribution in [0.5, 0.6) is 0 Å². The maximum absolute atomic E-state index is 11.9. The Morgan fingerprint density at radius 2 is 1.84 bits per heavy atom. The van der Waals surface area contributed by atoms with Crippen LogP contribution in [0.1, 0.15) is 43.0 Å². The fourth-order valence-corrected chi connectivity index (χ4v) is 2.03. The van der Waals surface area contributed by atoms with Crippen molar-refractivity contribution in [3.63, 3.8) is 0 Å². The van der Waals surface area contributed by atoms with E-state index >= 15 is 0 Å². The van der Waals surface area contributed by atoms with E-state index in [-0.39, 0.29) is 11.8 Å². The molecule has 0 heterocycles. The fraction of sp³-hybridized carbons (Fsp3) is 0.429. The van der Waals surface area contributed by atoms with Crippen LogP contribution in [-0.2, 0) is 9.53 Å². The number of carbonyl (C=O) groups is 2. The number of unbranched alkanes of at least 4 members (excludes halogenated alkanes) is 1. The first kappa shape index (κ1) is 16.0. The molecule has 5 heteroatoms. The van der Waals surface area contributed by atoms with E-state index in [2.05, 4.69) is 0 Å². The zero-order valence-corrected chi connectivity index (χ0v) is 12.3. The van der Waals surface area contributed by atoms with Crippen LogP contribution in [0.2, 0.25) is 10.0 Å². The van der Waals surface area contributed by atoms with Gasteiger partial charge in [0.05, 0.1) is 11.6 Å². The zero-order valence-electron chi connectivity index (χ0n) is 10.7. The van der Waals surface area contributed by atoms with Crippen LogP contribution in [0.3, 0.4) is 0 Å². The summed E-state index contributed by atoms with van der Waals surface area (Å²) in [5.74, 6) is -0.285. The predicted octanol–water partition coefficient (Wildman–Crippen LogP) is 4.30. The Hall–Kier alpha value is -1.06. The Balaban J connectivity index is 2.39. The molecule has 1 aromatic carbocycles. The monoisotopic (exact) mass is 302 g/mol. The van der Waals surface area contributed by atoms with Gasteiger partial charge in [-0.15, -0.1) is 0 Å². The van der Waals surface area contributed by atoms with E-state index in [1.165, 1.54) is 0 Å². The summed E-state index contributed by atoms with van der Waals surface area (Å²) in [6.07, 6.45) is 1.94. The molecule has 3 nitrogen and oxygen atoms in total. The second-order valence-electron chi connectivity index (χ2n) is 4.06. The van der Waals surface area contributed by atoms with E-state index in [0.717, 1.165) is 0 Å². The standard InChI is InChI=1S/C14H16Cl2O3/c1-2-19-14(18)6-4-3-5-13(17)11-9-10(15)7-8-12(11)16/h7-9H,2-6H2,1H3. The number of benzene rings is 1. The van der Waals surface area contributed by atoms with Gasteiger partial charge in [-0.05, 0) is 38.0 Å². The lowest BCUT2D eigenvalue weighted by Gasteiger charge is -2.04. The molecule has 0 saturated heterocycles. The largest absolute Gasteiger partial charge is 0.466 e. The van der Waals surface area contributed by atoms with E-state index in [4.69, 9.17) is 27.9 Å². The molecule has 0 aromatic heterocycles. The topological polar surface area (TPSA) is 43.4 Å². The molecule has 0 amide bonds. The van der Waals surface area contributed by atoms with E-state index in [0.29, 0.717) is 47.9 Å². The third-order valence-electron chi connectivity index (χ3n) is 2.57. The van der Waals surface area contributed by atoms with Gasteiger partial charge in [0, 0.05) is 23.4 Å². The van der Waals surface area contributed by atoms with Gasteiger partial charge < -0.3 is 4.74 Å². The molecule has 0 fully saturated rings. The molecular formula is C14H16Cl2O3. The van der Waals surface area contributed by atoms with Gasteiger partial charge in [-0.2, -0.15) is 0 Å². The van der Waals surface area contributed by atoms with E-state index < -0.39 is 0 Å². The molecule has 0 atom stereocenters. The Labute approximate surface area is 122 Å². The summed E-state index contributed by atoms with van der Waals surface area (Å²) in [6, 6.07) is 4.81. The highest BCUT2D eigenvalue weighted by Crippen LogP contribution is 2.22. The molecule has 1 aromatic rings. The van der Waals surface area contributed by atoms with Crippen molar-refractivity contribution in [2.75, 3.05) is 6.61 Å². The zero-order chi connectivity index (χ0) is 14.3. The average Bonchev–Trinajstić information content (AvgIpc) is 2.37. The lowest BCUT2D eigenvalue weighted by molar-refractivity contribution is -0.143. The molecule has 0 aliphatic rings. The van der Waals surface area contributed by atoms with Gasteiger partial charge in [-0.1, -0.05) is 23.2 Å². The third kappa shape index (κ3) is 5.62. The Morgan fingerprint density at radius 1 is 1.16 bits per heavy atom. The quantitative estimate of drug-likeness (QED) is 0.428. The molecule has 0 spiro atoms. The second kappa shape index (κ2) is 8.18. The van der Waals surface area contributed by atoms with Gasteiger partial charge in [-0.3, -0.25) is 9.59 Å². The van der Waals surface area contributed by atoms with Gasteiger partial charge in [0.25, 0.3) is 0 Å². The molecule has 0 N–H and O–H groups in total. The average molecular weight is 303 g/mol. The third-order valence-corrected chi connectivity index (χ3v) is 3.13. The molecule has 1 rings (SSSR count). The van der Waals surface area contributed by atoms with Crippen molar-refractivity contribution in [1.29, 1.82) is 0 Å². The van der Waals surface area contributed by atoms with E-state index in [1.807, 2.05) is 0 Å². The molecule has 0 saturated carbocycles. The maximum atomic E-state index is 11.9. The van der Waals surface area contributed by atoms with Crippen molar-refractivity contribution >= 4 is 35.0 Å². The van der Waals surface area contributed by atoms with Gasteiger partial charge in [0.1, 0.15) is 0 Å². The van der Waals surface area contributed by atoms with Crippen LogP contribution in [0.15, 0.2) is 18.2 Å². The number of hydrogen-bond acceptors (Lipinski definition) is 3. The van der Waals surface area contributed by atoms with Gasteiger partial charge in [-0.25, -0.2) is 0 Å². The summed E-state index contributed by atoms with van der Waals surface area (Å²) in [5, 5.41) is 0.888. The summed E-state index contributed by atoms with van der Waals surface area (Å²) < 4.78 is 4.81. The number of rotatable bonds is 7. The number of esters is 1. The van der Waals surface area contributed by atoms with Crippen molar-refractivity contribution in [3.05, 3.63) is 33.8 Å². The van der Waals surface area contributed by atoms with Crippen molar-refractivity contribution in [1.82, 2.24) is 0 Å². The smallest absolute Gasteiger partial charge is 0.305 e. The molecule has 0 unspecified atom stereocenters. The van der Waals surface area contributed by atoms with Gasteiger partial charge in [0.15, 0.2) is 5.78 Å². The highest BCUT2D eigenvalue weighted by atomic mass is 35.5. The molecule has 0 aliphatic carbocycles. The van der Waals surface area contributed by atoms with Crippen molar-refractivity contribution < 1.29 is 14.3 Å². The highest BCUT2D eigenvalue weighted by molar-refractivity contribution is 6.35. The van der Waals surface area contributed by atoms with Gasteiger partial charge in [0.2, 0.25) is 0 Å². The summed E-state index contributed by atoms with van der Waals surface area (Å²) in [4.78, 5) is 23.0. The Morgan fingerprint density at radius 3 is 2.53 bits per heavy atom. The highest BCUT2D eigenvalue weighted by Gasteiger charge is 2.11. The van der Waals surface area contributed by atoms with Crippen molar-refractivity contribution in [2.45, 2.75) is 32.6 Å². The van der Waals surface area contributed by atoms with Crippen LogP contribution in [-0.4, -0.2) is 18.4 Å². The molecule has 104 valence electrons. The maximum Gasteiger partial charge on any atom is 0.305 e. The summed E-state index contributed by atoms with van der Waals surface area (Å²) in [5.41, 5.74) is 0.435. The number of hydrogen-bond donors (Lipinski definition) is 0. The Bertz CT molecular complexity index is 458. The summed E-state index contributed by atoms with van der Waals surface area (Å²) >= 11 is 11.8. The van der Waals surface area contributed by atoms with Crippen LogP contribution in [0.25, 0.3) is 0 Å². The van der Waals surface area contributed by atoms with E-state index in [9.17, 15) is 9.59 Å². The summed E-state index contributed by atoms with van der Waals surface area (Å²) in [7, 11) is 0. The molecule has 19 heavy (non-hydrogen) atoms. The molecule has 0 aliphatic heterocycles. The number of carbonyl (C=O) groups excluding carboxylic acids is 2. The first-order valence-electron chi connectivity index (χ1n) is 6.18. The minimum Gasteiger partial charge on any atom is -0.466 e. The van der Waals surface area contributed by atoms with Crippen LogP contribution in [0, 0.1) is 0 Å². The van der Waals surface area contributed by atoms with Crippen LogP contribution in [0.4, 0.5) is 0 Å². The first-order valence-corrected chi connectivity index (χ1v) is 6.94. The first-order chi connectivity index (χ1) is 9.04. The minimum absolute atomic E-state index is 0.0589. The second-order valence-corrected chi connectivity index (χ2v) is 4.90. The SMILES string of the molecule is CCOC(=O)CCCCC(=O)c1cc(Cl)ccc1Cl. The van der Waals surface area contributed by atoms with Crippen molar-refractivity contribution in [2.24, 2.45) is 0 Å². The van der Waals surface area contributed by atoms with Crippen LogP contribution < -0.4 is 0 Å². The summed E-state index contributed by atoms with van der Waals surface area (Å²) in [6.45, 7) is 2.15. The number of ether oxygens (including phenoxy) is 1. The number of halogens is 2. The van der Waals surface area contributed by atoms with Crippen molar-refractivity contribution in [3.8, 4) is 0 Å². The fourth-order valence-electron chi connectivity index (χ4n) is 1.63. The van der Waals surface area contributed by atoms with Crippen LogP contribution >= 0.6 is 23.2 Å². The number of ketones is 1.